The molecular weight excluding hydrogens is 452 g/mol. The highest BCUT2D eigenvalue weighted by Crippen LogP contribution is 2.33. The molecule has 3 aromatic carbocycles. The Balaban J connectivity index is 1.77. The lowest BCUT2D eigenvalue weighted by Gasteiger charge is -2.26. The van der Waals surface area contributed by atoms with Crippen LogP contribution in [0.1, 0.15) is 16.7 Å². The summed E-state index contributed by atoms with van der Waals surface area (Å²) in [7, 11) is -2.56. The molecule has 1 N–H and O–H groups in total. The summed E-state index contributed by atoms with van der Waals surface area (Å²) in [4.78, 5) is 12.9. The number of aryl methyl sites for hydroxylation is 2. The molecule has 3 rings (SSSR count). The number of nitrogens with one attached hydrogen (secondary N) is 1. The van der Waals surface area contributed by atoms with E-state index in [1.54, 1.807) is 30.3 Å². The summed E-state index contributed by atoms with van der Waals surface area (Å²) in [5, 5.41) is 2.75. The third-order valence-electron chi connectivity index (χ3n) is 5.46. The van der Waals surface area contributed by atoms with Gasteiger partial charge in [0, 0.05) is 0 Å². The Hall–Kier alpha value is -3.52. The first-order valence-electron chi connectivity index (χ1n) is 10.9. The Bertz CT molecular complexity index is 1240. The van der Waals surface area contributed by atoms with E-state index >= 15 is 0 Å². The topological polar surface area (TPSA) is 84.9 Å². The summed E-state index contributed by atoms with van der Waals surface area (Å²) in [5.74, 6) is 0.663. The van der Waals surface area contributed by atoms with E-state index in [4.69, 9.17) is 9.47 Å². The normalized spacial score (nSPS) is 11.1. The van der Waals surface area contributed by atoms with E-state index in [1.165, 1.54) is 19.2 Å². The van der Waals surface area contributed by atoms with Crippen molar-refractivity contribution >= 4 is 21.6 Å². The van der Waals surface area contributed by atoms with Crippen molar-refractivity contribution in [2.24, 2.45) is 0 Å². The van der Waals surface area contributed by atoms with E-state index in [9.17, 15) is 13.2 Å². The van der Waals surface area contributed by atoms with Gasteiger partial charge in [0.15, 0.2) is 0 Å². The van der Waals surface area contributed by atoms with Crippen molar-refractivity contribution in [1.82, 2.24) is 5.32 Å². The number of hydrogen-bond acceptors (Lipinski definition) is 5. The number of rotatable bonds is 10. The molecule has 3 aromatic rings. The standard InChI is InChI=1S/C26H30N2O5S/c1-19-13-14-25(32-4)23(17-19)28(34(30,31)22-10-6-5-7-11-22)18-26(29)27-15-16-33-24-12-8-9-20(2)21(24)3/h5-14,17H,15-16,18H2,1-4H3,(H,27,29). The molecule has 0 fully saturated rings. The third kappa shape index (κ3) is 5.88. The maximum Gasteiger partial charge on any atom is 0.264 e. The lowest BCUT2D eigenvalue weighted by atomic mass is 10.1. The molecule has 0 aliphatic heterocycles. The summed E-state index contributed by atoms with van der Waals surface area (Å²) in [6.07, 6.45) is 0. The number of ether oxygens (including phenoxy) is 2. The first kappa shape index (κ1) is 25.1. The Labute approximate surface area is 201 Å². The molecule has 0 radical (unpaired) electrons. The van der Waals surface area contributed by atoms with Crippen molar-refractivity contribution in [2.75, 3.05) is 31.1 Å². The van der Waals surface area contributed by atoms with Gasteiger partial charge in [-0.15, -0.1) is 0 Å². The zero-order chi connectivity index (χ0) is 24.7. The van der Waals surface area contributed by atoms with Gasteiger partial charge < -0.3 is 14.8 Å². The molecule has 7 nitrogen and oxygen atoms in total. The van der Waals surface area contributed by atoms with Crippen LogP contribution in [-0.2, 0) is 14.8 Å². The van der Waals surface area contributed by atoms with Crippen molar-refractivity contribution in [3.8, 4) is 11.5 Å². The molecule has 0 saturated carbocycles. The van der Waals surface area contributed by atoms with Crippen LogP contribution in [0.15, 0.2) is 71.6 Å². The molecule has 0 saturated heterocycles. The Kier molecular flexibility index (Phi) is 8.17. The van der Waals surface area contributed by atoms with Crippen molar-refractivity contribution < 1.29 is 22.7 Å². The molecule has 0 aromatic heterocycles. The molecule has 0 aliphatic carbocycles. The maximum absolute atomic E-state index is 13.5. The second-order valence-corrected chi connectivity index (χ2v) is 9.76. The lowest BCUT2D eigenvalue weighted by Crippen LogP contribution is -2.42. The van der Waals surface area contributed by atoms with Crippen molar-refractivity contribution in [3.05, 3.63) is 83.4 Å². The lowest BCUT2D eigenvalue weighted by molar-refractivity contribution is -0.119. The summed E-state index contributed by atoms with van der Waals surface area (Å²) >= 11 is 0. The average molecular weight is 483 g/mol. The zero-order valence-corrected chi connectivity index (χ0v) is 20.7. The number of benzene rings is 3. The number of methoxy groups -OCH3 is 1. The number of hydrogen-bond donors (Lipinski definition) is 1. The van der Waals surface area contributed by atoms with E-state index in [-0.39, 0.29) is 18.0 Å². The van der Waals surface area contributed by atoms with Gasteiger partial charge >= 0.3 is 0 Å². The molecule has 0 atom stereocenters. The van der Waals surface area contributed by atoms with E-state index in [2.05, 4.69) is 5.32 Å². The van der Waals surface area contributed by atoms with Crippen LogP contribution < -0.4 is 19.1 Å². The first-order chi connectivity index (χ1) is 16.2. The minimum atomic E-state index is -4.02. The minimum absolute atomic E-state index is 0.0876. The molecule has 1 amide bonds. The molecule has 0 spiro atoms. The molecule has 34 heavy (non-hydrogen) atoms. The summed E-state index contributed by atoms with van der Waals surface area (Å²) in [6, 6.07) is 19.0. The van der Waals surface area contributed by atoms with Crippen LogP contribution in [0.3, 0.4) is 0 Å². The van der Waals surface area contributed by atoms with Crippen LogP contribution in [0.2, 0.25) is 0 Å². The molecule has 0 bridgehead atoms. The fourth-order valence-electron chi connectivity index (χ4n) is 3.43. The highest BCUT2D eigenvalue weighted by Gasteiger charge is 2.29. The molecule has 0 aliphatic rings. The predicted molar refractivity (Wildman–Crippen MR) is 133 cm³/mol. The maximum atomic E-state index is 13.5. The van der Waals surface area contributed by atoms with Crippen molar-refractivity contribution in [1.29, 1.82) is 0 Å². The number of amides is 1. The highest BCUT2D eigenvalue weighted by atomic mass is 32.2. The summed E-state index contributed by atoms with van der Waals surface area (Å²) in [5.41, 5.74) is 3.30. The van der Waals surface area contributed by atoms with Gasteiger partial charge in [-0.3, -0.25) is 9.10 Å². The smallest absolute Gasteiger partial charge is 0.264 e. The Morgan fingerprint density at radius 1 is 0.941 bits per heavy atom. The van der Waals surface area contributed by atoms with Crippen molar-refractivity contribution in [2.45, 2.75) is 25.7 Å². The van der Waals surface area contributed by atoms with E-state index in [0.717, 1.165) is 26.7 Å². The summed E-state index contributed by atoms with van der Waals surface area (Å²) in [6.45, 7) is 5.92. The average Bonchev–Trinajstić information content (AvgIpc) is 2.83. The molecular formula is C26H30N2O5S. The van der Waals surface area contributed by atoms with Crippen LogP contribution in [0.4, 0.5) is 5.69 Å². The molecule has 0 unspecified atom stereocenters. The van der Waals surface area contributed by atoms with Gasteiger partial charge in [0.25, 0.3) is 10.0 Å². The Morgan fingerprint density at radius 3 is 2.38 bits per heavy atom. The number of nitrogens with zero attached hydrogens (tertiary/aromatic N) is 1. The minimum Gasteiger partial charge on any atom is -0.495 e. The van der Waals surface area contributed by atoms with Gasteiger partial charge in [-0.05, 0) is 67.8 Å². The third-order valence-corrected chi connectivity index (χ3v) is 7.23. The van der Waals surface area contributed by atoms with E-state index in [0.29, 0.717) is 11.4 Å². The largest absolute Gasteiger partial charge is 0.495 e. The van der Waals surface area contributed by atoms with Gasteiger partial charge in [-0.1, -0.05) is 36.4 Å². The summed E-state index contributed by atoms with van der Waals surface area (Å²) < 4.78 is 39.3. The zero-order valence-electron chi connectivity index (χ0n) is 19.9. The van der Waals surface area contributed by atoms with E-state index < -0.39 is 22.5 Å². The number of carbonyl (C=O) groups is 1. The second kappa shape index (κ2) is 11.1. The van der Waals surface area contributed by atoms with Gasteiger partial charge in [-0.2, -0.15) is 0 Å². The van der Waals surface area contributed by atoms with E-state index in [1.807, 2.05) is 45.0 Å². The first-order valence-corrected chi connectivity index (χ1v) is 12.4. The van der Waals surface area contributed by atoms with Crippen LogP contribution >= 0.6 is 0 Å². The number of carbonyl (C=O) groups excluding carboxylic acids is 1. The van der Waals surface area contributed by atoms with Crippen molar-refractivity contribution in [3.63, 3.8) is 0 Å². The molecule has 0 heterocycles. The molecule has 8 heteroatoms. The predicted octanol–water partition coefficient (Wildman–Crippen LogP) is 4.01. The fourth-order valence-corrected chi connectivity index (χ4v) is 4.88. The Morgan fingerprint density at radius 2 is 1.68 bits per heavy atom. The van der Waals surface area contributed by atoms with Crippen LogP contribution in [-0.4, -0.2) is 41.1 Å². The van der Waals surface area contributed by atoms with Gasteiger partial charge in [0.2, 0.25) is 5.91 Å². The quantitative estimate of drug-likeness (QED) is 0.442. The molecule has 180 valence electrons. The second-order valence-electron chi connectivity index (χ2n) is 7.90. The van der Waals surface area contributed by atoms with Gasteiger partial charge in [0.05, 0.1) is 24.2 Å². The van der Waals surface area contributed by atoms with Gasteiger partial charge in [0.1, 0.15) is 24.7 Å². The number of anilines is 1. The fraction of sp³-hybridized carbons (Fsp3) is 0.269. The number of sulfonamides is 1. The van der Waals surface area contributed by atoms with Crippen LogP contribution in [0.25, 0.3) is 0 Å². The van der Waals surface area contributed by atoms with Gasteiger partial charge in [-0.25, -0.2) is 8.42 Å². The highest BCUT2D eigenvalue weighted by molar-refractivity contribution is 7.92. The van der Waals surface area contributed by atoms with Crippen LogP contribution in [0, 0.1) is 20.8 Å². The van der Waals surface area contributed by atoms with Crippen LogP contribution in [0.5, 0.6) is 11.5 Å². The SMILES string of the molecule is COc1ccc(C)cc1N(CC(=O)NCCOc1cccc(C)c1C)S(=O)(=O)c1ccccc1. The monoisotopic (exact) mass is 482 g/mol.